The molecule has 0 saturated carbocycles. The molecule has 32 heavy (non-hydrogen) atoms. The first-order valence-electron chi connectivity index (χ1n) is 10.2. The zero-order valence-corrected chi connectivity index (χ0v) is 17.9. The molecule has 0 aliphatic carbocycles. The lowest BCUT2D eigenvalue weighted by molar-refractivity contribution is -0.136. The van der Waals surface area contributed by atoms with Gasteiger partial charge in [-0.05, 0) is 54.3 Å². The van der Waals surface area contributed by atoms with Crippen molar-refractivity contribution in [2.45, 2.75) is 25.9 Å². The second-order valence-corrected chi connectivity index (χ2v) is 8.01. The number of aryl methyl sites for hydroxylation is 1. The number of anilines is 1. The van der Waals surface area contributed by atoms with Crippen molar-refractivity contribution in [3.8, 4) is 5.75 Å². The van der Waals surface area contributed by atoms with Gasteiger partial charge in [0.05, 0.1) is 5.69 Å². The lowest BCUT2D eigenvalue weighted by Gasteiger charge is -2.21. The summed E-state index contributed by atoms with van der Waals surface area (Å²) in [7, 11) is 0. The summed E-state index contributed by atoms with van der Waals surface area (Å²) in [4.78, 5) is 25.5. The van der Waals surface area contributed by atoms with E-state index in [1.807, 2.05) is 18.2 Å². The van der Waals surface area contributed by atoms with Crippen LogP contribution in [0.15, 0.2) is 60.7 Å². The Hall–Kier alpha value is -3.38. The fourth-order valence-electron chi connectivity index (χ4n) is 3.83. The van der Waals surface area contributed by atoms with Crippen LogP contribution < -0.4 is 9.64 Å². The average molecular weight is 454 g/mol. The van der Waals surface area contributed by atoms with Gasteiger partial charge in [-0.3, -0.25) is 9.59 Å². The molecule has 0 unspecified atom stereocenters. The highest BCUT2D eigenvalue weighted by Crippen LogP contribution is 2.34. The maximum absolute atomic E-state index is 14.3. The number of nitrogens with zero attached hydrogens (tertiary/aromatic N) is 1. The van der Waals surface area contributed by atoms with Crippen LogP contribution >= 0.6 is 11.6 Å². The standard InChI is InChI=1S/C25H21ClFNO4/c26-20-8-4-18(5-9-20)25(31)28-13-12-17-2-1-3-19(24(17)28)15-32-21-10-6-16(22(27)14-21)7-11-23(29)30/h1-6,8-10,14H,7,11-13,15H2,(H,29,30). The predicted octanol–water partition coefficient (Wildman–Crippen LogP) is 5.28. The number of aliphatic carboxylic acids is 1. The smallest absolute Gasteiger partial charge is 0.303 e. The molecule has 164 valence electrons. The minimum Gasteiger partial charge on any atom is -0.489 e. The number of hydrogen-bond donors (Lipinski definition) is 1. The van der Waals surface area contributed by atoms with E-state index in [0.29, 0.717) is 28.4 Å². The molecule has 1 aliphatic heterocycles. The molecular formula is C25H21ClFNO4. The number of hydrogen-bond acceptors (Lipinski definition) is 3. The normalized spacial score (nSPS) is 12.5. The van der Waals surface area contributed by atoms with Crippen molar-refractivity contribution in [2.24, 2.45) is 0 Å². The quantitative estimate of drug-likeness (QED) is 0.528. The molecule has 0 atom stereocenters. The van der Waals surface area contributed by atoms with Crippen LogP contribution in [0.25, 0.3) is 0 Å². The van der Waals surface area contributed by atoms with Crippen LogP contribution in [0.4, 0.5) is 10.1 Å². The van der Waals surface area contributed by atoms with E-state index in [4.69, 9.17) is 21.4 Å². The number of halogens is 2. The van der Waals surface area contributed by atoms with Crippen molar-refractivity contribution in [3.63, 3.8) is 0 Å². The van der Waals surface area contributed by atoms with Gasteiger partial charge < -0.3 is 14.7 Å². The van der Waals surface area contributed by atoms with Crippen molar-refractivity contribution in [1.29, 1.82) is 0 Å². The number of benzene rings is 3. The third-order valence-electron chi connectivity index (χ3n) is 5.44. The van der Waals surface area contributed by atoms with E-state index >= 15 is 0 Å². The molecule has 1 aliphatic rings. The van der Waals surface area contributed by atoms with E-state index in [9.17, 15) is 14.0 Å². The van der Waals surface area contributed by atoms with Gasteiger partial charge in [0.15, 0.2) is 0 Å². The van der Waals surface area contributed by atoms with E-state index in [1.165, 1.54) is 6.07 Å². The zero-order chi connectivity index (χ0) is 22.7. The number of carboxylic acids is 1. The van der Waals surface area contributed by atoms with Crippen molar-refractivity contribution in [1.82, 2.24) is 0 Å². The second-order valence-electron chi connectivity index (χ2n) is 7.57. The number of carbonyl (C=O) groups excluding carboxylic acids is 1. The van der Waals surface area contributed by atoms with Gasteiger partial charge in [0.1, 0.15) is 18.2 Å². The molecule has 4 rings (SSSR count). The monoisotopic (exact) mass is 453 g/mol. The fourth-order valence-corrected chi connectivity index (χ4v) is 3.95. The lowest BCUT2D eigenvalue weighted by Crippen LogP contribution is -2.29. The summed E-state index contributed by atoms with van der Waals surface area (Å²) < 4.78 is 20.1. The highest BCUT2D eigenvalue weighted by Gasteiger charge is 2.28. The van der Waals surface area contributed by atoms with E-state index < -0.39 is 11.8 Å². The second kappa shape index (κ2) is 9.40. The van der Waals surface area contributed by atoms with Gasteiger partial charge in [-0.2, -0.15) is 0 Å². The SMILES string of the molecule is O=C(O)CCc1ccc(OCc2cccc3c2N(C(=O)c2ccc(Cl)cc2)CC3)cc1F. The molecule has 0 aromatic heterocycles. The van der Waals surface area contributed by atoms with Crippen LogP contribution in [0.3, 0.4) is 0 Å². The molecule has 1 heterocycles. The maximum Gasteiger partial charge on any atom is 0.303 e. The van der Waals surface area contributed by atoms with Gasteiger partial charge in [0.25, 0.3) is 5.91 Å². The molecule has 0 saturated heterocycles. The Bertz CT molecular complexity index is 1160. The minimum absolute atomic E-state index is 0.110. The van der Waals surface area contributed by atoms with Crippen LogP contribution in [0.2, 0.25) is 5.02 Å². The van der Waals surface area contributed by atoms with Crippen LogP contribution in [0.1, 0.15) is 33.5 Å². The number of para-hydroxylation sites is 1. The van der Waals surface area contributed by atoms with Gasteiger partial charge in [0.2, 0.25) is 0 Å². The number of ether oxygens (including phenoxy) is 1. The molecule has 0 spiro atoms. The summed E-state index contributed by atoms with van der Waals surface area (Å²) in [6, 6.07) is 17.0. The summed E-state index contributed by atoms with van der Waals surface area (Å²) in [5.74, 6) is -1.24. The third kappa shape index (κ3) is 4.75. The third-order valence-corrected chi connectivity index (χ3v) is 5.69. The highest BCUT2D eigenvalue weighted by atomic mass is 35.5. The molecule has 1 amide bonds. The lowest BCUT2D eigenvalue weighted by atomic mass is 10.1. The Kier molecular flexibility index (Phi) is 6.42. The number of fused-ring (bicyclic) bond motifs is 1. The van der Waals surface area contributed by atoms with Crippen molar-refractivity contribution < 1.29 is 23.8 Å². The Balaban J connectivity index is 1.51. The van der Waals surface area contributed by atoms with Crippen molar-refractivity contribution in [3.05, 3.63) is 93.8 Å². The molecule has 7 heteroatoms. The molecule has 0 fully saturated rings. The van der Waals surface area contributed by atoms with Crippen LogP contribution in [-0.4, -0.2) is 23.5 Å². The van der Waals surface area contributed by atoms with E-state index in [1.54, 1.807) is 41.3 Å². The van der Waals surface area contributed by atoms with Crippen molar-refractivity contribution in [2.75, 3.05) is 11.4 Å². The Morgan fingerprint density at radius 2 is 1.84 bits per heavy atom. The molecule has 0 bridgehead atoms. The molecule has 5 nitrogen and oxygen atoms in total. The van der Waals surface area contributed by atoms with Gasteiger partial charge in [-0.15, -0.1) is 0 Å². The summed E-state index contributed by atoms with van der Waals surface area (Å²) in [6.45, 7) is 0.738. The van der Waals surface area contributed by atoms with E-state index in [-0.39, 0.29) is 25.4 Å². The van der Waals surface area contributed by atoms with Gasteiger partial charge in [-0.25, -0.2) is 4.39 Å². The number of carbonyl (C=O) groups is 2. The fraction of sp³-hybridized carbons (Fsp3) is 0.200. The number of rotatable bonds is 7. The Morgan fingerprint density at radius 3 is 2.56 bits per heavy atom. The summed E-state index contributed by atoms with van der Waals surface area (Å²) in [5.41, 5.74) is 3.60. The van der Waals surface area contributed by atoms with Gasteiger partial charge in [-0.1, -0.05) is 35.9 Å². The van der Waals surface area contributed by atoms with Crippen molar-refractivity contribution >= 4 is 29.2 Å². The van der Waals surface area contributed by atoms with E-state index in [0.717, 1.165) is 23.2 Å². The molecule has 0 radical (unpaired) electrons. The first-order chi connectivity index (χ1) is 15.4. The zero-order valence-electron chi connectivity index (χ0n) is 17.2. The van der Waals surface area contributed by atoms with E-state index in [2.05, 4.69) is 0 Å². The molecule has 3 aromatic rings. The van der Waals surface area contributed by atoms with Crippen LogP contribution in [0, 0.1) is 5.82 Å². The summed E-state index contributed by atoms with van der Waals surface area (Å²) in [6.07, 6.45) is 0.732. The molecular weight excluding hydrogens is 433 g/mol. The Morgan fingerprint density at radius 1 is 1.06 bits per heavy atom. The maximum atomic E-state index is 14.3. The first kappa shape index (κ1) is 21.8. The van der Waals surface area contributed by atoms with Crippen LogP contribution in [-0.2, 0) is 24.2 Å². The average Bonchev–Trinajstić information content (AvgIpc) is 3.22. The minimum atomic E-state index is -0.972. The van der Waals surface area contributed by atoms with Gasteiger partial charge in [0, 0.05) is 35.2 Å². The molecule has 3 aromatic carbocycles. The number of amides is 1. The Labute approximate surface area is 190 Å². The number of carboxylic acid groups (broad SMARTS) is 1. The first-order valence-corrected chi connectivity index (χ1v) is 10.6. The summed E-state index contributed by atoms with van der Waals surface area (Å²) in [5, 5.41) is 9.34. The highest BCUT2D eigenvalue weighted by molar-refractivity contribution is 6.30. The van der Waals surface area contributed by atoms with Gasteiger partial charge >= 0.3 is 5.97 Å². The largest absolute Gasteiger partial charge is 0.489 e. The predicted molar refractivity (Wildman–Crippen MR) is 120 cm³/mol. The topological polar surface area (TPSA) is 66.8 Å². The van der Waals surface area contributed by atoms with Crippen LogP contribution in [0.5, 0.6) is 5.75 Å². The summed E-state index contributed by atoms with van der Waals surface area (Å²) >= 11 is 5.94. The molecule has 1 N–H and O–H groups in total.